The third kappa shape index (κ3) is 4.15. The van der Waals surface area contributed by atoms with Gasteiger partial charge in [0.05, 0.1) is 12.2 Å². The average molecular weight is 215 g/mol. The monoisotopic (exact) mass is 215 g/mol. The Labute approximate surface area is 90.9 Å². The Kier molecular flexibility index (Phi) is 5.01. The Balaban J connectivity index is 2.31. The second kappa shape index (κ2) is 6.05. The van der Waals surface area contributed by atoms with E-state index in [0.29, 0.717) is 13.0 Å². The van der Waals surface area contributed by atoms with Gasteiger partial charge in [-0.3, -0.25) is 9.69 Å². The van der Waals surface area contributed by atoms with Crippen LogP contribution in [0.3, 0.4) is 0 Å². The van der Waals surface area contributed by atoms with Crippen LogP contribution in [-0.2, 0) is 9.53 Å². The Morgan fingerprint density at radius 2 is 2.33 bits per heavy atom. The molecular weight excluding hydrogens is 194 g/mol. The molecule has 0 aromatic rings. The highest BCUT2D eigenvalue weighted by molar-refractivity contribution is 5.75. The summed E-state index contributed by atoms with van der Waals surface area (Å²) in [5, 5.41) is 2.62. The molecule has 2 atom stereocenters. The number of rotatable bonds is 4. The van der Waals surface area contributed by atoms with E-state index in [1.165, 1.54) is 0 Å². The van der Waals surface area contributed by atoms with Crippen LogP contribution in [0, 0.1) is 0 Å². The molecular formula is C10H21N3O2. The predicted molar refractivity (Wildman–Crippen MR) is 58.5 cm³/mol. The molecule has 0 aromatic heterocycles. The van der Waals surface area contributed by atoms with Crippen LogP contribution in [0.25, 0.3) is 0 Å². The van der Waals surface area contributed by atoms with Crippen LogP contribution in [0.5, 0.6) is 0 Å². The van der Waals surface area contributed by atoms with Gasteiger partial charge in [0.15, 0.2) is 0 Å². The largest absolute Gasteiger partial charge is 0.371 e. The van der Waals surface area contributed by atoms with Gasteiger partial charge in [0.1, 0.15) is 0 Å². The Bertz CT molecular complexity index is 211. The third-order valence-corrected chi connectivity index (χ3v) is 2.60. The topological polar surface area (TPSA) is 67.6 Å². The number of nitrogens with zero attached hydrogens (tertiary/aromatic N) is 1. The van der Waals surface area contributed by atoms with Crippen molar-refractivity contribution >= 4 is 5.91 Å². The average Bonchev–Trinajstić information content (AvgIpc) is 2.25. The summed E-state index contributed by atoms with van der Waals surface area (Å²) in [5.41, 5.74) is 5.58. The first kappa shape index (κ1) is 12.4. The number of hydrogen-bond donors (Lipinski definition) is 2. The minimum absolute atomic E-state index is 0.0819. The molecule has 0 aromatic carbocycles. The lowest BCUT2D eigenvalue weighted by Gasteiger charge is -2.36. The van der Waals surface area contributed by atoms with Gasteiger partial charge >= 0.3 is 0 Å². The molecule has 5 heteroatoms. The van der Waals surface area contributed by atoms with E-state index < -0.39 is 0 Å². The summed E-state index contributed by atoms with van der Waals surface area (Å²) in [6.45, 7) is 5.07. The van der Waals surface area contributed by atoms with Gasteiger partial charge in [-0.15, -0.1) is 0 Å². The van der Waals surface area contributed by atoms with E-state index >= 15 is 0 Å². The number of morpholine rings is 1. The lowest BCUT2D eigenvalue weighted by atomic mass is 10.2. The van der Waals surface area contributed by atoms with Gasteiger partial charge in [0, 0.05) is 39.6 Å². The van der Waals surface area contributed by atoms with Gasteiger partial charge in [0.2, 0.25) is 5.91 Å². The quantitative estimate of drug-likeness (QED) is 0.642. The van der Waals surface area contributed by atoms with Gasteiger partial charge in [-0.05, 0) is 6.92 Å². The number of hydrogen-bond acceptors (Lipinski definition) is 4. The lowest BCUT2D eigenvalue weighted by Crippen LogP contribution is -2.49. The van der Waals surface area contributed by atoms with E-state index in [9.17, 15) is 4.79 Å². The number of nitrogens with two attached hydrogens (primary N) is 1. The molecule has 1 aliphatic rings. The molecule has 2 unspecified atom stereocenters. The smallest absolute Gasteiger partial charge is 0.221 e. The maximum atomic E-state index is 11.1. The lowest BCUT2D eigenvalue weighted by molar-refractivity contribution is -0.122. The van der Waals surface area contributed by atoms with Crippen LogP contribution in [0.2, 0.25) is 0 Å². The number of carbonyl (C=O) groups excluding carboxylic acids is 1. The van der Waals surface area contributed by atoms with E-state index in [0.717, 1.165) is 19.6 Å². The fourth-order valence-electron chi connectivity index (χ4n) is 1.84. The fraction of sp³-hybridized carbons (Fsp3) is 0.900. The zero-order chi connectivity index (χ0) is 11.3. The van der Waals surface area contributed by atoms with Crippen molar-refractivity contribution in [1.29, 1.82) is 0 Å². The maximum Gasteiger partial charge on any atom is 0.221 e. The predicted octanol–water partition coefficient (Wildman–Crippen LogP) is -0.829. The van der Waals surface area contributed by atoms with Crippen LogP contribution >= 0.6 is 0 Å². The first-order valence-corrected chi connectivity index (χ1v) is 5.44. The fourth-order valence-corrected chi connectivity index (χ4v) is 1.84. The summed E-state index contributed by atoms with van der Waals surface area (Å²) in [6.07, 6.45) is 0.857. The standard InChI is InChI=1S/C10H21N3O2/c1-8-6-13(4-3-10(14)12-2)7-9(5-11)15-8/h8-9H,3-7,11H2,1-2H3,(H,12,14). The van der Waals surface area contributed by atoms with Crippen molar-refractivity contribution in [3.8, 4) is 0 Å². The number of carbonyl (C=O) groups is 1. The van der Waals surface area contributed by atoms with E-state index in [1.54, 1.807) is 7.05 Å². The zero-order valence-electron chi connectivity index (χ0n) is 9.53. The molecule has 0 radical (unpaired) electrons. The maximum absolute atomic E-state index is 11.1. The highest BCUT2D eigenvalue weighted by Crippen LogP contribution is 2.10. The molecule has 1 saturated heterocycles. The van der Waals surface area contributed by atoms with E-state index in [2.05, 4.69) is 10.2 Å². The summed E-state index contributed by atoms with van der Waals surface area (Å²) >= 11 is 0. The minimum Gasteiger partial charge on any atom is -0.371 e. The van der Waals surface area contributed by atoms with Crippen molar-refractivity contribution in [3.05, 3.63) is 0 Å². The molecule has 15 heavy (non-hydrogen) atoms. The molecule has 1 fully saturated rings. The molecule has 3 N–H and O–H groups in total. The van der Waals surface area contributed by atoms with Gasteiger partial charge in [-0.2, -0.15) is 0 Å². The minimum atomic E-state index is 0.0819. The molecule has 0 bridgehead atoms. The summed E-state index contributed by atoms with van der Waals surface area (Å²) in [6, 6.07) is 0. The third-order valence-electron chi connectivity index (χ3n) is 2.60. The van der Waals surface area contributed by atoms with E-state index in [4.69, 9.17) is 10.5 Å². The Hall–Kier alpha value is -0.650. The van der Waals surface area contributed by atoms with Crippen molar-refractivity contribution in [1.82, 2.24) is 10.2 Å². The summed E-state index contributed by atoms with van der Waals surface area (Å²) in [4.78, 5) is 13.3. The molecule has 5 nitrogen and oxygen atoms in total. The van der Waals surface area contributed by atoms with Crippen molar-refractivity contribution < 1.29 is 9.53 Å². The van der Waals surface area contributed by atoms with Crippen LogP contribution in [-0.4, -0.2) is 56.2 Å². The van der Waals surface area contributed by atoms with Crippen molar-refractivity contribution in [3.63, 3.8) is 0 Å². The SMILES string of the molecule is CNC(=O)CCN1CC(C)OC(CN)C1. The summed E-state index contributed by atoms with van der Waals surface area (Å²) in [5.74, 6) is 0.0819. The molecule has 88 valence electrons. The Morgan fingerprint density at radius 3 is 2.93 bits per heavy atom. The molecule has 1 heterocycles. The summed E-state index contributed by atoms with van der Waals surface area (Å²) < 4.78 is 5.63. The van der Waals surface area contributed by atoms with Crippen LogP contribution in [0.15, 0.2) is 0 Å². The van der Waals surface area contributed by atoms with Crippen molar-refractivity contribution in [2.24, 2.45) is 5.73 Å². The first-order chi connectivity index (χ1) is 7.15. The highest BCUT2D eigenvalue weighted by atomic mass is 16.5. The van der Waals surface area contributed by atoms with Gasteiger partial charge < -0.3 is 15.8 Å². The normalized spacial score (nSPS) is 27.7. The van der Waals surface area contributed by atoms with Crippen LogP contribution in [0.1, 0.15) is 13.3 Å². The Morgan fingerprint density at radius 1 is 1.60 bits per heavy atom. The van der Waals surface area contributed by atoms with E-state index in [-0.39, 0.29) is 18.1 Å². The van der Waals surface area contributed by atoms with Crippen LogP contribution < -0.4 is 11.1 Å². The van der Waals surface area contributed by atoms with Gasteiger partial charge in [0.25, 0.3) is 0 Å². The second-order valence-electron chi connectivity index (χ2n) is 3.99. The molecule has 0 saturated carbocycles. The molecule has 1 amide bonds. The van der Waals surface area contributed by atoms with Gasteiger partial charge in [-0.1, -0.05) is 0 Å². The van der Waals surface area contributed by atoms with Crippen LogP contribution in [0.4, 0.5) is 0 Å². The number of amides is 1. The number of nitrogens with one attached hydrogen (secondary N) is 1. The number of ether oxygens (including phenoxy) is 1. The molecule has 0 aliphatic carbocycles. The summed E-state index contributed by atoms with van der Waals surface area (Å²) in [7, 11) is 1.66. The van der Waals surface area contributed by atoms with Crippen molar-refractivity contribution in [2.45, 2.75) is 25.6 Å². The second-order valence-corrected chi connectivity index (χ2v) is 3.99. The first-order valence-electron chi connectivity index (χ1n) is 5.44. The molecule has 1 rings (SSSR count). The zero-order valence-corrected chi connectivity index (χ0v) is 9.53. The van der Waals surface area contributed by atoms with Gasteiger partial charge in [-0.25, -0.2) is 0 Å². The molecule has 0 spiro atoms. The van der Waals surface area contributed by atoms with Crippen molar-refractivity contribution in [2.75, 3.05) is 33.2 Å². The highest BCUT2D eigenvalue weighted by Gasteiger charge is 2.24. The van der Waals surface area contributed by atoms with E-state index in [1.807, 2.05) is 6.92 Å². The molecule has 1 aliphatic heterocycles.